The van der Waals surface area contributed by atoms with Crippen LogP contribution in [0.3, 0.4) is 0 Å². The van der Waals surface area contributed by atoms with Gasteiger partial charge in [-0.1, -0.05) is 0 Å². The van der Waals surface area contributed by atoms with Gasteiger partial charge in [0, 0.05) is 23.3 Å². The second kappa shape index (κ2) is 7.93. The van der Waals surface area contributed by atoms with Crippen molar-refractivity contribution < 1.29 is 14.3 Å². The Morgan fingerprint density at radius 1 is 1.22 bits per heavy atom. The Labute approximate surface area is 155 Å². The monoisotopic (exact) mass is 363 g/mol. The number of anilines is 2. The van der Waals surface area contributed by atoms with Crippen LogP contribution in [0.15, 0.2) is 54.4 Å². The van der Waals surface area contributed by atoms with Crippen molar-refractivity contribution in [3.05, 3.63) is 54.4 Å². The summed E-state index contributed by atoms with van der Waals surface area (Å²) in [6, 6.07) is 12.4. The van der Waals surface area contributed by atoms with Gasteiger partial charge in [-0.05, 0) is 30.3 Å². The topological polar surface area (TPSA) is 112 Å². The molecular formula is C19H17N5O3. The number of amides is 1. The maximum absolute atomic E-state index is 12.4. The third-order valence-corrected chi connectivity index (χ3v) is 3.85. The van der Waals surface area contributed by atoms with Gasteiger partial charge in [-0.3, -0.25) is 9.89 Å². The molecule has 0 spiro atoms. The third kappa shape index (κ3) is 3.99. The molecule has 0 aliphatic rings. The molecule has 0 unspecified atom stereocenters. The minimum absolute atomic E-state index is 0.0930. The Morgan fingerprint density at radius 2 is 2.07 bits per heavy atom. The van der Waals surface area contributed by atoms with Crippen LogP contribution in [0, 0.1) is 11.3 Å². The van der Waals surface area contributed by atoms with Crippen LogP contribution in [-0.4, -0.2) is 30.3 Å². The highest BCUT2D eigenvalue weighted by Crippen LogP contribution is 2.29. The number of nitriles is 1. The van der Waals surface area contributed by atoms with Crippen LogP contribution >= 0.6 is 0 Å². The number of aromatic amines is 1. The second-order valence-electron chi connectivity index (χ2n) is 5.51. The summed E-state index contributed by atoms with van der Waals surface area (Å²) in [6.45, 7) is 0. The van der Waals surface area contributed by atoms with Gasteiger partial charge in [-0.25, -0.2) is 0 Å². The highest BCUT2D eigenvalue weighted by molar-refractivity contribution is 6.07. The Bertz CT molecular complexity index is 1050. The molecule has 27 heavy (non-hydrogen) atoms. The summed E-state index contributed by atoms with van der Waals surface area (Å²) in [5.74, 6) is 0.442. The molecule has 0 aliphatic heterocycles. The largest absolute Gasteiger partial charge is 0.497 e. The Kier molecular flexibility index (Phi) is 5.23. The SMILES string of the molecule is COc1ccc(OC)c(NC(=O)/C(C#N)=C\Nc2ccc3cn[nH]c3c2)c1. The first-order valence-electron chi connectivity index (χ1n) is 7.98. The number of nitrogens with zero attached hydrogens (tertiary/aromatic N) is 2. The molecule has 8 nitrogen and oxygen atoms in total. The summed E-state index contributed by atoms with van der Waals surface area (Å²) >= 11 is 0. The van der Waals surface area contributed by atoms with Crippen molar-refractivity contribution in [3.8, 4) is 17.6 Å². The van der Waals surface area contributed by atoms with Crippen LogP contribution in [0.2, 0.25) is 0 Å². The summed E-state index contributed by atoms with van der Waals surface area (Å²) < 4.78 is 10.4. The van der Waals surface area contributed by atoms with Gasteiger partial charge in [-0.15, -0.1) is 0 Å². The Balaban J connectivity index is 1.77. The Hall–Kier alpha value is -3.99. The van der Waals surface area contributed by atoms with Crippen molar-refractivity contribution in [1.29, 1.82) is 5.26 Å². The number of fused-ring (bicyclic) bond motifs is 1. The van der Waals surface area contributed by atoms with Crippen LogP contribution in [0.1, 0.15) is 0 Å². The van der Waals surface area contributed by atoms with Gasteiger partial charge < -0.3 is 20.1 Å². The van der Waals surface area contributed by atoms with Gasteiger partial charge in [0.15, 0.2) is 0 Å². The molecule has 1 aromatic heterocycles. The first-order valence-corrected chi connectivity index (χ1v) is 7.98. The maximum atomic E-state index is 12.4. The van der Waals surface area contributed by atoms with Crippen LogP contribution in [0.4, 0.5) is 11.4 Å². The minimum Gasteiger partial charge on any atom is -0.497 e. The number of H-pyrrole nitrogens is 1. The standard InChI is InChI=1S/C19H17N5O3/c1-26-15-5-6-18(27-2)17(8-15)23-19(25)13(9-20)10-21-14-4-3-12-11-22-24-16(12)7-14/h3-8,10-11,21H,1-2H3,(H,22,24)(H,23,25)/b13-10-. The fourth-order valence-corrected chi connectivity index (χ4v) is 2.43. The lowest BCUT2D eigenvalue weighted by atomic mass is 10.2. The Morgan fingerprint density at radius 3 is 2.81 bits per heavy atom. The van der Waals surface area contributed by atoms with E-state index in [1.165, 1.54) is 20.4 Å². The molecule has 1 heterocycles. The quantitative estimate of drug-likeness (QED) is 0.458. The highest BCUT2D eigenvalue weighted by Gasteiger charge is 2.13. The molecule has 0 bridgehead atoms. The van der Waals surface area contributed by atoms with Crippen LogP contribution < -0.4 is 20.1 Å². The molecule has 0 atom stereocenters. The van der Waals surface area contributed by atoms with E-state index in [0.717, 1.165) is 10.9 Å². The van der Waals surface area contributed by atoms with Crippen molar-refractivity contribution in [3.63, 3.8) is 0 Å². The number of nitrogens with one attached hydrogen (secondary N) is 3. The predicted molar refractivity (Wildman–Crippen MR) is 102 cm³/mol. The normalized spacial score (nSPS) is 10.9. The van der Waals surface area contributed by atoms with Gasteiger partial charge >= 0.3 is 0 Å². The molecule has 0 saturated carbocycles. The minimum atomic E-state index is -0.570. The van der Waals surface area contributed by atoms with Crippen LogP contribution in [0.5, 0.6) is 11.5 Å². The van der Waals surface area contributed by atoms with Crippen molar-refractivity contribution in [1.82, 2.24) is 10.2 Å². The van der Waals surface area contributed by atoms with Gasteiger partial charge in [0.25, 0.3) is 5.91 Å². The van der Waals surface area contributed by atoms with Gasteiger partial charge in [0.05, 0.1) is 31.6 Å². The van der Waals surface area contributed by atoms with Crippen LogP contribution in [0.25, 0.3) is 10.9 Å². The number of aromatic nitrogens is 2. The number of carbonyl (C=O) groups is 1. The fourth-order valence-electron chi connectivity index (χ4n) is 2.43. The average molecular weight is 363 g/mol. The van der Waals surface area contributed by atoms with E-state index in [-0.39, 0.29) is 5.57 Å². The lowest BCUT2D eigenvalue weighted by Gasteiger charge is -2.11. The number of ether oxygens (including phenoxy) is 2. The van der Waals surface area contributed by atoms with E-state index in [1.54, 1.807) is 24.4 Å². The van der Waals surface area contributed by atoms with E-state index >= 15 is 0 Å². The number of methoxy groups -OCH3 is 2. The van der Waals surface area contributed by atoms with Gasteiger partial charge in [0.1, 0.15) is 23.1 Å². The van der Waals surface area contributed by atoms with Crippen molar-refractivity contribution in [2.24, 2.45) is 0 Å². The number of benzene rings is 2. The van der Waals surface area contributed by atoms with E-state index in [0.29, 0.717) is 22.9 Å². The lowest BCUT2D eigenvalue weighted by molar-refractivity contribution is -0.112. The highest BCUT2D eigenvalue weighted by atomic mass is 16.5. The summed E-state index contributed by atoms with van der Waals surface area (Å²) in [5, 5.41) is 22.7. The van der Waals surface area contributed by atoms with E-state index < -0.39 is 5.91 Å². The number of hydrogen-bond acceptors (Lipinski definition) is 6. The zero-order chi connectivity index (χ0) is 19.2. The van der Waals surface area contributed by atoms with E-state index in [2.05, 4.69) is 20.8 Å². The molecule has 0 fully saturated rings. The number of carbonyl (C=O) groups excluding carboxylic acids is 1. The zero-order valence-electron chi connectivity index (χ0n) is 14.7. The number of rotatable bonds is 6. The molecule has 1 amide bonds. The molecule has 136 valence electrons. The van der Waals surface area contributed by atoms with E-state index in [1.807, 2.05) is 24.3 Å². The summed E-state index contributed by atoms with van der Waals surface area (Å²) in [4.78, 5) is 12.4. The first-order chi connectivity index (χ1) is 13.1. The average Bonchev–Trinajstić information content (AvgIpc) is 3.16. The van der Waals surface area contributed by atoms with Crippen molar-refractivity contribution >= 4 is 28.2 Å². The fraction of sp³-hybridized carbons (Fsp3) is 0.105. The third-order valence-electron chi connectivity index (χ3n) is 3.85. The van der Waals surface area contributed by atoms with Crippen LogP contribution in [-0.2, 0) is 4.79 Å². The molecule has 0 aliphatic carbocycles. The molecule has 3 rings (SSSR count). The molecule has 0 radical (unpaired) electrons. The van der Waals surface area contributed by atoms with E-state index in [4.69, 9.17) is 9.47 Å². The summed E-state index contributed by atoms with van der Waals surface area (Å²) in [6.07, 6.45) is 3.06. The zero-order valence-corrected chi connectivity index (χ0v) is 14.7. The van der Waals surface area contributed by atoms with Gasteiger partial charge in [-0.2, -0.15) is 10.4 Å². The smallest absolute Gasteiger partial charge is 0.267 e. The molecule has 0 saturated heterocycles. The molecule has 2 aromatic carbocycles. The molecule has 3 aromatic rings. The first kappa shape index (κ1) is 17.8. The van der Waals surface area contributed by atoms with Crippen molar-refractivity contribution in [2.45, 2.75) is 0 Å². The molecular weight excluding hydrogens is 346 g/mol. The second-order valence-corrected chi connectivity index (χ2v) is 5.51. The predicted octanol–water partition coefficient (Wildman–Crippen LogP) is 3.04. The lowest BCUT2D eigenvalue weighted by Crippen LogP contribution is -2.15. The van der Waals surface area contributed by atoms with E-state index in [9.17, 15) is 10.1 Å². The van der Waals surface area contributed by atoms with Gasteiger partial charge in [0.2, 0.25) is 0 Å². The molecule has 3 N–H and O–H groups in total. The summed E-state index contributed by atoms with van der Waals surface area (Å²) in [7, 11) is 3.01. The number of hydrogen-bond donors (Lipinski definition) is 3. The summed E-state index contributed by atoms with van der Waals surface area (Å²) in [5.41, 5.74) is 1.87. The maximum Gasteiger partial charge on any atom is 0.267 e. The molecule has 8 heteroatoms. The van der Waals surface area contributed by atoms with Crippen molar-refractivity contribution in [2.75, 3.05) is 24.9 Å².